The molecule has 2 aliphatic carbocycles. The largest absolute Gasteiger partial charge is 0.391 e. The number of hydrogen-bond donors (Lipinski definition) is 1. The number of carbonyl (C=O) groups is 1. The highest BCUT2D eigenvalue weighted by Crippen LogP contribution is 2.71. The van der Waals surface area contributed by atoms with E-state index >= 15 is 0 Å². The molecule has 0 aromatic rings. The Labute approximate surface area is 77.1 Å². The fourth-order valence-electron chi connectivity index (χ4n) is 3.48. The minimum absolute atomic E-state index is 0.0748. The predicted octanol–water partition coefficient (Wildman–Crippen LogP) is 0.361. The van der Waals surface area contributed by atoms with Crippen LogP contribution >= 0.6 is 0 Å². The third-order valence-corrected chi connectivity index (χ3v) is 4.13. The van der Waals surface area contributed by atoms with E-state index < -0.39 is 6.10 Å². The number of aliphatic hydroxyl groups excluding tert-OH is 1. The average Bonchev–Trinajstić information content (AvgIpc) is 2.42. The summed E-state index contributed by atoms with van der Waals surface area (Å²) < 4.78 is 5.48. The smallest absolute Gasteiger partial charge is 0.142 e. The zero-order valence-electron chi connectivity index (χ0n) is 7.69. The van der Waals surface area contributed by atoms with Crippen LogP contribution in [0.1, 0.15) is 19.8 Å². The molecule has 0 radical (unpaired) electrons. The summed E-state index contributed by atoms with van der Waals surface area (Å²) >= 11 is 0. The summed E-state index contributed by atoms with van der Waals surface area (Å²) in [6.45, 7) is 2.32. The molecular weight excluding hydrogens is 168 g/mol. The van der Waals surface area contributed by atoms with Crippen molar-refractivity contribution in [3.05, 3.63) is 0 Å². The molecule has 3 fully saturated rings. The highest BCUT2D eigenvalue weighted by Gasteiger charge is 2.77. The van der Waals surface area contributed by atoms with Gasteiger partial charge in [0.15, 0.2) is 0 Å². The summed E-state index contributed by atoms with van der Waals surface area (Å²) in [5.74, 6) is 1.26. The number of Topliss-reactive ketones (excluding diaryl/α,β-unsaturated/α-hetero) is 1. The first-order valence-corrected chi connectivity index (χ1v) is 5.01. The van der Waals surface area contributed by atoms with Gasteiger partial charge >= 0.3 is 0 Å². The lowest BCUT2D eigenvalue weighted by molar-refractivity contribution is -0.123. The van der Waals surface area contributed by atoms with Gasteiger partial charge in [-0.05, 0) is 19.3 Å². The Hall–Kier alpha value is -0.410. The van der Waals surface area contributed by atoms with Gasteiger partial charge in [-0.1, -0.05) is 0 Å². The molecule has 3 nitrogen and oxygen atoms in total. The molecular formula is C10H14O3. The van der Waals surface area contributed by atoms with Crippen LogP contribution in [0.15, 0.2) is 0 Å². The summed E-state index contributed by atoms with van der Waals surface area (Å²) in [6, 6.07) is 0. The van der Waals surface area contributed by atoms with Crippen LogP contribution in [0.25, 0.3) is 0 Å². The number of rotatable bonds is 1. The Morgan fingerprint density at radius 3 is 3.08 bits per heavy atom. The SMILES string of the molecule is C[C@H](O)[C@H]1OC[C@@]23C(=O)CC[C@@H]2[C@@H]13. The molecule has 0 amide bonds. The van der Waals surface area contributed by atoms with Gasteiger partial charge in [-0.15, -0.1) is 0 Å². The van der Waals surface area contributed by atoms with Gasteiger partial charge in [-0.2, -0.15) is 0 Å². The van der Waals surface area contributed by atoms with Gasteiger partial charge in [0.2, 0.25) is 0 Å². The van der Waals surface area contributed by atoms with E-state index in [4.69, 9.17) is 4.74 Å². The zero-order valence-corrected chi connectivity index (χ0v) is 7.69. The van der Waals surface area contributed by atoms with Crippen molar-refractivity contribution >= 4 is 5.78 Å². The second-order valence-corrected chi connectivity index (χ2v) is 4.65. The molecule has 0 aromatic heterocycles. The minimum Gasteiger partial charge on any atom is -0.391 e. The van der Waals surface area contributed by atoms with Gasteiger partial charge in [0.1, 0.15) is 5.78 Å². The van der Waals surface area contributed by atoms with Crippen LogP contribution in [-0.2, 0) is 9.53 Å². The molecule has 1 saturated heterocycles. The van der Waals surface area contributed by atoms with Crippen molar-refractivity contribution < 1.29 is 14.6 Å². The first-order chi connectivity index (χ1) is 6.18. The molecule has 3 heteroatoms. The van der Waals surface area contributed by atoms with Crippen molar-refractivity contribution in [2.75, 3.05) is 6.61 Å². The Morgan fingerprint density at radius 2 is 2.46 bits per heavy atom. The van der Waals surface area contributed by atoms with Crippen LogP contribution in [0.2, 0.25) is 0 Å². The van der Waals surface area contributed by atoms with Crippen molar-refractivity contribution in [3.63, 3.8) is 0 Å². The van der Waals surface area contributed by atoms with Crippen LogP contribution in [-0.4, -0.2) is 29.7 Å². The topological polar surface area (TPSA) is 46.5 Å². The normalized spacial score (nSPS) is 54.6. The molecule has 1 aliphatic heterocycles. The summed E-state index contributed by atoms with van der Waals surface area (Å²) in [6.07, 6.45) is 1.25. The van der Waals surface area contributed by atoms with Crippen LogP contribution in [0.5, 0.6) is 0 Å². The molecule has 1 spiro atoms. The first kappa shape index (κ1) is 7.94. The Kier molecular flexibility index (Phi) is 1.31. The van der Waals surface area contributed by atoms with Crippen molar-refractivity contribution in [3.8, 4) is 0 Å². The van der Waals surface area contributed by atoms with Gasteiger partial charge < -0.3 is 9.84 Å². The van der Waals surface area contributed by atoms with Gasteiger partial charge in [0.05, 0.1) is 24.2 Å². The van der Waals surface area contributed by atoms with Gasteiger partial charge in [-0.25, -0.2) is 0 Å². The monoisotopic (exact) mass is 182 g/mol. The molecule has 0 aromatic carbocycles. The Morgan fingerprint density at radius 1 is 1.69 bits per heavy atom. The number of carbonyl (C=O) groups excluding carboxylic acids is 1. The van der Waals surface area contributed by atoms with E-state index in [1.807, 2.05) is 0 Å². The second-order valence-electron chi connectivity index (χ2n) is 4.65. The molecule has 1 N–H and O–H groups in total. The number of ether oxygens (including phenoxy) is 1. The van der Waals surface area contributed by atoms with E-state index in [2.05, 4.69) is 0 Å². The fraction of sp³-hybridized carbons (Fsp3) is 0.900. The molecule has 0 bridgehead atoms. The lowest BCUT2D eigenvalue weighted by Gasteiger charge is -2.16. The summed E-state index contributed by atoms with van der Waals surface area (Å²) in [5.41, 5.74) is -0.137. The molecule has 72 valence electrons. The van der Waals surface area contributed by atoms with Gasteiger partial charge in [-0.3, -0.25) is 4.79 Å². The fourth-order valence-corrected chi connectivity index (χ4v) is 3.48. The maximum atomic E-state index is 11.6. The van der Waals surface area contributed by atoms with Crippen molar-refractivity contribution in [1.82, 2.24) is 0 Å². The molecule has 3 rings (SSSR count). The predicted molar refractivity (Wildman–Crippen MR) is 45.1 cm³/mol. The lowest BCUT2D eigenvalue weighted by Crippen LogP contribution is -2.26. The molecule has 3 aliphatic rings. The van der Waals surface area contributed by atoms with Crippen LogP contribution < -0.4 is 0 Å². The van der Waals surface area contributed by atoms with E-state index in [1.165, 1.54) is 0 Å². The highest BCUT2D eigenvalue weighted by molar-refractivity contribution is 5.92. The van der Waals surface area contributed by atoms with E-state index in [0.29, 0.717) is 24.2 Å². The van der Waals surface area contributed by atoms with Crippen LogP contribution in [0.4, 0.5) is 0 Å². The van der Waals surface area contributed by atoms with Crippen molar-refractivity contribution in [1.29, 1.82) is 0 Å². The van der Waals surface area contributed by atoms with Crippen LogP contribution in [0, 0.1) is 17.3 Å². The lowest BCUT2D eigenvalue weighted by atomic mass is 9.97. The van der Waals surface area contributed by atoms with E-state index in [9.17, 15) is 9.90 Å². The third-order valence-electron chi connectivity index (χ3n) is 4.13. The number of ketones is 1. The molecule has 0 unspecified atom stereocenters. The van der Waals surface area contributed by atoms with Crippen LogP contribution in [0.3, 0.4) is 0 Å². The zero-order chi connectivity index (χ0) is 9.22. The second kappa shape index (κ2) is 2.15. The van der Waals surface area contributed by atoms with Gasteiger partial charge in [0.25, 0.3) is 0 Å². The highest BCUT2D eigenvalue weighted by atomic mass is 16.5. The third kappa shape index (κ3) is 0.716. The van der Waals surface area contributed by atoms with Crippen molar-refractivity contribution in [2.45, 2.75) is 32.0 Å². The molecule has 1 heterocycles. The maximum Gasteiger partial charge on any atom is 0.142 e. The Bertz CT molecular complexity index is 273. The van der Waals surface area contributed by atoms with E-state index in [0.717, 1.165) is 12.8 Å². The number of fused-ring (bicyclic) bond motifs is 1. The molecule has 5 atom stereocenters. The van der Waals surface area contributed by atoms with E-state index in [-0.39, 0.29) is 11.5 Å². The molecule has 2 saturated carbocycles. The van der Waals surface area contributed by atoms with E-state index in [1.54, 1.807) is 6.92 Å². The summed E-state index contributed by atoms with van der Waals surface area (Å²) in [7, 11) is 0. The number of hydrogen-bond acceptors (Lipinski definition) is 3. The van der Waals surface area contributed by atoms with Gasteiger partial charge in [0, 0.05) is 12.3 Å². The minimum atomic E-state index is -0.428. The summed E-state index contributed by atoms with van der Waals surface area (Å²) in [4.78, 5) is 11.6. The quantitative estimate of drug-likeness (QED) is 0.637. The standard InChI is InChI=1S/C10H14O3/c1-5(11)9-8-6-2-3-7(12)10(6,8)4-13-9/h5-6,8-9,11H,2-4H2,1H3/t5-,6+,8-,9+,10-/m0/s1. The number of aliphatic hydroxyl groups is 1. The maximum absolute atomic E-state index is 11.6. The first-order valence-electron chi connectivity index (χ1n) is 5.01. The molecule has 13 heavy (non-hydrogen) atoms. The summed E-state index contributed by atoms with van der Waals surface area (Å²) in [5, 5.41) is 9.45. The Balaban J connectivity index is 1.89. The van der Waals surface area contributed by atoms with Crippen molar-refractivity contribution in [2.24, 2.45) is 17.3 Å². The average molecular weight is 182 g/mol.